The van der Waals surface area contributed by atoms with Crippen molar-refractivity contribution in [2.45, 2.75) is 25.0 Å². The van der Waals surface area contributed by atoms with Gasteiger partial charge in [-0.15, -0.1) is 0 Å². The Balaban J connectivity index is 2.10. The number of halogens is 1. The number of rotatable bonds is 7. The van der Waals surface area contributed by atoms with Crippen LogP contribution >= 0.6 is 11.6 Å². The van der Waals surface area contributed by atoms with E-state index in [1.807, 2.05) is 0 Å². The van der Waals surface area contributed by atoms with Gasteiger partial charge in [-0.1, -0.05) is 17.7 Å². The Morgan fingerprint density at radius 1 is 1.48 bits per heavy atom. The molecular weight excluding hydrogens is 318 g/mol. The van der Waals surface area contributed by atoms with Crippen LogP contribution in [-0.2, 0) is 21.3 Å². The second-order valence-electron chi connectivity index (χ2n) is 5.29. The van der Waals surface area contributed by atoms with Gasteiger partial charge in [0.25, 0.3) is 5.69 Å². The van der Waals surface area contributed by atoms with Gasteiger partial charge in [0.15, 0.2) is 0 Å². The van der Waals surface area contributed by atoms with Crippen molar-refractivity contribution < 1.29 is 19.0 Å². The summed E-state index contributed by atoms with van der Waals surface area (Å²) in [5.41, 5.74) is -0.320. The average Bonchev–Trinajstić information content (AvgIpc) is 3.09. The fraction of sp³-hybridized carbons (Fsp3) is 0.462. The normalized spacial score (nSPS) is 17.2. The molecular formula is C13H14ClNO5S. The van der Waals surface area contributed by atoms with Crippen LogP contribution in [0.15, 0.2) is 18.2 Å². The van der Waals surface area contributed by atoms with Gasteiger partial charge in [-0.2, -0.15) is 0 Å². The lowest BCUT2D eigenvalue weighted by Gasteiger charge is -2.12. The third-order valence-electron chi connectivity index (χ3n) is 3.55. The molecule has 1 aliphatic rings. The molecule has 2 rings (SSSR count). The van der Waals surface area contributed by atoms with Crippen LogP contribution in [0.25, 0.3) is 0 Å². The number of nitro groups is 1. The highest BCUT2D eigenvalue weighted by atomic mass is 35.5. The van der Waals surface area contributed by atoms with Crippen molar-refractivity contribution in [2.75, 3.05) is 5.75 Å². The van der Waals surface area contributed by atoms with E-state index in [1.54, 1.807) is 0 Å². The predicted octanol–water partition coefficient (Wildman–Crippen LogP) is 2.75. The number of nitro benzene ring substituents is 1. The lowest BCUT2D eigenvalue weighted by molar-refractivity contribution is -0.385. The lowest BCUT2D eigenvalue weighted by Crippen LogP contribution is -2.18. The molecule has 1 N–H and O–H groups in total. The van der Waals surface area contributed by atoms with E-state index >= 15 is 0 Å². The Morgan fingerprint density at radius 3 is 2.67 bits per heavy atom. The van der Waals surface area contributed by atoms with E-state index < -0.39 is 27.1 Å². The molecule has 0 bridgehead atoms. The Labute approximate surface area is 128 Å². The average molecular weight is 332 g/mol. The van der Waals surface area contributed by atoms with Gasteiger partial charge in [0.05, 0.1) is 27.7 Å². The van der Waals surface area contributed by atoms with Crippen molar-refractivity contribution in [1.29, 1.82) is 0 Å². The van der Waals surface area contributed by atoms with Gasteiger partial charge < -0.3 is 5.11 Å². The molecule has 1 saturated carbocycles. The first-order chi connectivity index (χ1) is 9.83. The maximum atomic E-state index is 12.2. The second-order valence-corrected chi connectivity index (χ2v) is 7.16. The van der Waals surface area contributed by atoms with Crippen LogP contribution in [0, 0.1) is 15.5 Å². The van der Waals surface area contributed by atoms with Crippen molar-refractivity contribution in [3.8, 4) is 0 Å². The summed E-state index contributed by atoms with van der Waals surface area (Å²) in [7, 11) is -1.38. The summed E-state index contributed by atoms with van der Waals surface area (Å²) in [6.45, 7) is 0. The molecule has 1 aromatic carbocycles. The Morgan fingerprint density at radius 2 is 2.14 bits per heavy atom. The first-order valence-corrected chi connectivity index (χ1v) is 8.18. The maximum absolute atomic E-state index is 12.2. The number of nitrogens with zero attached hydrogens (tertiary/aromatic N) is 1. The molecule has 8 heteroatoms. The Hall–Kier alpha value is -1.47. The largest absolute Gasteiger partial charge is 0.481 e. The molecule has 0 saturated heterocycles. The van der Waals surface area contributed by atoms with Crippen LogP contribution in [0.4, 0.5) is 5.69 Å². The highest BCUT2D eigenvalue weighted by molar-refractivity contribution is 7.84. The summed E-state index contributed by atoms with van der Waals surface area (Å²) in [5, 5.41) is 20.0. The summed E-state index contributed by atoms with van der Waals surface area (Å²) >= 11 is 5.96. The standard InChI is InChI=1S/C13H14ClNO5S/c14-10-2-1-3-11(15(18)19)9(10)7-21(20)8-13(4-5-13)6-12(16)17/h1-3H,4-8H2,(H,16,17). The van der Waals surface area contributed by atoms with E-state index in [0.717, 1.165) is 12.8 Å². The number of benzene rings is 1. The van der Waals surface area contributed by atoms with Crippen molar-refractivity contribution in [1.82, 2.24) is 0 Å². The number of carboxylic acid groups (broad SMARTS) is 1. The lowest BCUT2D eigenvalue weighted by atomic mass is 10.1. The molecule has 1 atom stereocenters. The van der Waals surface area contributed by atoms with Crippen LogP contribution in [0.1, 0.15) is 24.8 Å². The zero-order chi connectivity index (χ0) is 15.6. The molecule has 21 heavy (non-hydrogen) atoms. The van der Waals surface area contributed by atoms with Crippen LogP contribution in [0.3, 0.4) is 0 Å². The Kier molecular flexibility index (Phi) is 4.63. The van der Waals surface area contributed by atoms with E-state index in [-0.39, 0.29) is 34.2 Å². The number of aliphatic carboxylic acids is 1. The summed E-state index contributed by atoms with van der Waals surface area (Å²) < 4.78 is 12.2. The van der Waals surface area contributed by atoms with E-state index in [9.17, 15) is 19.1 Å². The second kappa shape index (κ2) is 6.11. The number of hydrogen-bond donors (Lipinski definition) is 1. The quantitative estimate of drug-likeness (QED) is 0.612. The van der Waals surface area contributed by atoms with Crippen molar-refractivity contribution in [3.63, 3.8) is 0 Å². The summed E-state index contributed by atoms with van der Waals surface area (Å²) in [5.74, 6) is -0.702. The van der Waals surface area contributed by atoms with E-state index in [2.05, 4.69) is 0 Å². The van der Waals surface area contributed by atoms with Gasteiger partial charge in [-0.05, 0) is 24.3 Å². The van der Waals surface area contributed by atoms with Gasteiger partial charge in [-0.3, -0.25) is 19.1 Å². The zero-order valence-electron chi connectivity index (χ0n) is 11.1. The minimum Gasteiger partial charge on any atom is -0.481 e. The Bertz CT molecular complexity index is 615. The molecule has 114 valence electrons. The molecule has 1 aromatic rings. The van der Waals surface area contributed by atoms with Crippen molar-refractivity contribution >= 4 is 34.1 Å². The summed E-state index contributed by atoms with van der Waals surface area (Å²) in [6.07, 6.45) is 1.45. The van der Waals surface area contributed by atoms with Crippen molar-refractivity contribution in [2.24, 2.45) is 5.41 Å². The predicted molar refractivity (Wildman–Crippen MR) is 78.7 cm³/mol. The zero-order valence-corrected chi connectivity index (χ0v) is 12.7. The molecule has 6 nitrogen and oxygen atoms in total. The fourth-order valence-electron chi connectivity index (χ4n) is 2.28. The topological polar surface area (TPSA) is 97.5 Å². The van der Waals surface area contributed by atoms with E-state index in [4.69, 9.17) is 16.7 Å². The van der Waals surface area contributed by atoms with Gasteiger partial charge in [0.1, 0.15) is 0 Å². The summed E-state index contributed by atoms with van der Waals surface area (Å²) in [6, 6.07) is 4.31. The minimum absolute atomic E-state index is 0.0106. The van der Waals surface area contributed by atoms with Gasteiger partial charge >= 0.3 is 5.97 Å². The molecule has 1 aliphatic carbocycles. The first kappa shape index (κ1) is 15.9. The molecule has 0 heterocycles. The molecule has 1 fully saturated rings. The summed E-state index contributed by atoms with van der Waals surface area (Å²) in [4.78, 5) is 21.2. The third kappa shape index (κ3) is 4.01. The third-order valence-corrected chi connectivity index (χ3v) is 5.45. The van der Waals surface area contributed by atoms with Gasteiger partial charge in [-0.25, -0.2) is 0 Å². The van der Waals surface area contributed by atoms with Gasteiger partial charge in [0, 0.05) is 22.6 Å². The molecule has 0 aromatic heterocycles. The number of carbonyl (C=O) groups is 1. The van der Waals surface area contributed by atoms with Crippen LogP contribution in [0.2, 0.25) is 5.02 Å². The van der Waals surface area contributed by atoms with E-state index in [1.165, 1.54) is 18.2 Å². The first-order valence-electron chi connectivity index (χ1n) is 6.31. The highest BCUT2D eigenvalue weighted by Gasteiger charge is 2.45. The van der Waals surface area contributed by atoms with Crippen LogP contribution in [0.5, 0.6) is 0 Å². The SMILES string of the molecule is O=C(O)CC1(CS(=O)Cc2c(Cl)cccc2[N+](=O)[O-])CC1. The molecule has 0 spiro atoms. The highest BCUT2D eigenvalue weighted by Crippen LogP contribution is 2.49. The monoisotopic (exact) mass is 331 g/mol. The van der Waals surface area contributed by atoms with E-state index in [0.29, 0.717) is 0 Å². The van der Waals surface area contributed by atoms with Crippen molar-refractivity contribution in [3.05, 3.63) is 38.9 Å². The number of carboxylic acids is 1. The molecule has 1 unspecified atom stereocenters. The van der Waals surface area contributed by atoms with Crippen LogP contribution < -0.4 is 0 Å². The molecule has 0 amide bonds. The van der Waals surface area contributed by atoms with Gasteiger partial charge in [0.2, 0.25) is 0 Å². The fourth-order valence-corrected chi connectivity index (χ4v) is 4.40. The molecule has 0 aliphatic heterocycles. The molecule has 0 radical (unpaired) electrons. The van der Waals surface area contributed by atoms with Crippen LogP contribution in [-0.4, -0.2) is 26.0 Å². The number of hydrogen-bond acceptors (Lipinski definition) is 4. The minimum atomic E-state index is -1.38. The maximum Gasteiger partial charge on any atom is 0.303 e. The smallest absolute Gasteiger partial charge is 0.303 e.